The highest BCUT2D eigenvalue weighted by Crippen LogP contribution is 2.18. The minimum atomic E-state index is -1.57. The van der Waals surface area contributed by atoms with Gasteiger partial charge in [-0.25, -0.2) is 0 Å². The zero-order valence-electron chi connectivity index (χ0n) is 6.74. The molecule has 5 N–H and O–H groups in total. The van der Waals surface area contributed by atoms with Gasteiger partial charge in [0.05, 0.1) is 6.61 Å². The predicted molar refractivity (Wildman–Crippen MR) is 41.7 cm³/mol. The molecule has 0 aliphatic carbocycles. The van der Waals surface area contributed by atoms with Crippen molar-refractivity contribution in [2.45, 2.75) is 30.7 Å². The van der Waals surface area contributed by atoms with Crippen LogP contribution in [0.2, 0.25) is 0 Å². The van der Waals surface area contributed by atoms with E-state index in [1.54, 1.807) is 0 Å². The Morgan fingerprint density at radius 2 is 1.46 bits per heavy atom. The summed E-state index contributed by atoms with van der Waals surface area (Å²) < 4.78 is 4.58. The fourth-order valence-corrected chi connectivity index (χ4v) is 1.08. The molecule has 6 nitrogen and oxygen atoms in total. The third-order valence-corrected chi connectivity index (χ3v) is 1.87. The summed E-state index contributed by atoms with van der Waals surface area (Å²) in [5, 5.41) is 44.7. The van der Waals surface area contributed by atoms with Gasteiger partial charge in [-0.3, -0.25) is 0 Å². The Hall–Kier alpha value is -0.0231. The molecular weight excluding hydrogens is 196 g/mol. The second kappa shape index (κ2) is 5.01. The first-order valence-electron chi connectivity index (χ1n) is 3.56. The van der Waals surface area contributed by atoms with Gasteiger partial charge in [0.25, 0.3) is 0 Å². The Bertz CT molecular complexity index is 151. The molecule has 7 heteroatoms. The van der Waals surface area contributed by atoms with Gasteiger partial charge in [-0.15, -0.1) is 0 Å². The Kier molecular flexibility index (Phi) is 5.00. The van der Waals surface area contributed by atoms with E-state index in [2.05, 4.69) is 4.74 Å². The Labute approximate surface area is 79.4 Å². The number of aliphatic hydroxyl groups is 5. The number of ether oxygens (including phenoxy) is 1. The summed E-state index contributed by atoms with van der Waals surface area (Å²) in [4.78, 5) is 0. The van der Waals surface area contributed by atoms with Gasteiger partial charge >= 0.3 is 0 Å². The lowest BCUT2D eigenvalue weighted by Gasteiger charge is -2.37. The van der Waals surface area contributed by atoms with E-state index in [4.69, 9.17) is 25.5 Å². The summed E-state index contributed by atoms with van der Waals surface area (Å²) in [7, 11) is 0. The van der Waals surface area contributed by atoms with Gasteiger partial charge in [-0.1, -0.05) is 0 Å². The fourth-order valence-electron chi connectivity index (χ4n) is 1.08. The first kappa shape index (κ1) is 13.0. The second-order valence-corrected chi connectivity index (χ2v) is 2.72. The average Bonchev–Trinajstić information content (AvgIpc) is 2.08. The average molecular weight is 208 g/mol. The number of hydrogen-bond acceptors (Lipinski definition) is 6. The Morgan fingerprint density at radius 3 is 1.92 bits per heavy atom. The Balaban J connectivity index is 0.00000144. The molecule has 0 aromatic rings. The molecule has 4 radical (unpaired) electrons. The van der Waals surface area contributed by atoms with Crippen LogP contribution in [0.15, 0.2) is 0 Å². The molecule has 1 fully saturated rings. The summed E-state index contributed by atoms with van der Waals surface area (Å²) in [5.74, 6) is 0. The minimum absolute atomic E-state index is 0. The van der Waals surface area contributed by atoms with Crippen LogP contribution in [-0.4, -0.2) is 73.8 Å². The SMILES string of the molecule is OC[C@H]1O[C@H](O)[C@@H](O)[C@@H](O)[C@@H]1O.[Si]. The molecular formula is C6H12O6Si. The molecule has 76 valence electrons. The van der Waals surface area contributed by atoms with Crippen molar-refractivity contribution in [1.82, 2.24) is 0 Å². The van der Waals surface area contributed by atoms with Gasteiger partial charge in [0.2, 0.25) is 0 Å². The molecule has 0 aromatic carbocycles. The number of hydrogen-bond donors (Lipinski definition) is 5. The summed E-state index contributed by atoms with van der Waals surface area (Å²) in [5.41, 5.74) is 0. The normalized spacial score (nSPS) is 45.5. The van der Waals surface area contributed by atoms with Crippen molar-refractivity contribution in [2.24, 2.45) is 0 Å². The van der Waals surface area contributed by atoms with Crippen molar-refractivity contribution in [3.05, 3.63) is 0 Å². The van der Waals surface area contributed by atoms with Crippen LogP contribution < -0.4 is 0 Å². The topological polar surface area (TPSA) is 110 Å². The van der Waals surface area contributed by atoms with Crippen LogP contribution in [0, 0.1) is 0 Å². The van der Waals surface area contributed by atoms with E-state index in [1.807, 2.05) is 0 Å². The van der Waals surface area contributed by atoms with Crippen molar-refractivity contribution in [3.63, 3.8) is 0 Å². The summed E-state index contributed by atoms with van der Waals surface area (Å²) >= 11 is 0. The van der Waals surface area contributed by atoms with E-state index in [1.165, 1.54) is 0 Å². The molecule has 0 bridgehead atoms. The summed E-state index contributed by atoms with van der Waals surface area (Å²) in [6.45, 7) is -0.526. The molecule has 1 heterocycles. The maximum Gasteiger partial charge on any atom is 0.184 e. The first-order chi connectivity index (χ1) is 5.57. The maximum atomic E-state index is 9.12. The van der Waals surface area contributed by atoms with E-state index in [-0.39, 0.29) is 11.0 Å². The zero-order chi connectivity index (χ0) is 9.30. The molecule has 0 aromatic heterocycles. The maximum absolute atomic E-state index is 9.12. The van der Waals surface area contributed by atoms with E-state index in [0.29, 0.717) is 0 Å². The monoisotopic (exact) mass is 208 g/mol. The van der Waals surface area contributed by atoms with Crippen molar-refractivity contribution < 1.29 is 30.3 Å². The number of aliphatic hydroxyl groups excluding tert-OH is 5. The fraction of sp³-hybridized carbons (Fsp3) is 1.00. The third-order valence-electron chi connectivity index (χ3n) is 1.87. The smallest absolute Gasteiger partial charge is 0.184 e. The van der Waals surface area contributed by atoms with Crippen LogP contribution in [0.25, 0.3) is 0 Å². The van der Waals surface area contributed by atoms with E-state index < -0.39 is 37.3 Å². The quantitative estimate of drug-likeness (QED) is 0.285. The standard InChI is InChI=1S/C6H12O6.Si/c7-1-2-3(8)4(9)5(10)6(11)12-2;/h2-11H,1H2;/t2-,3-,4+,5+,6+;/m1./s1. The molecule has 13 heavy (non-hydrogen) atoms. The predicted octanol–water partition coefficient (Wildman–Crippen LogP) is -3.60. The molecule has 5 atom stereocenters. The summed E-state index contributed by atoms with van der Waals surface area (Å²) in [6.07, 6.45) is -7.04. The molecule has 0 amide bonds. The molecule has 1 rings (SSSR count). The highest BCUT2D eigenvalue weighted by atomic mass is 28.1. The van der Waals surface area contributed by atoms with Crippen LogP contribution in [0.5, 0.6) is 0 Å². The first-order valence-corrected chi connectivity index (χ1v) is 3.56. The lowest BCUT2D eigenvalue weighted by Crippen LogP contribution is -2.58. The van der Waals surface area contributed by atoms with Gasteiger partial charge in [-0.05, 0) is 0 Å². The van der Waals surface area contributed by atoms with Crippen LogP contribution >= 0.6 is 0 Å². The van der Waals surface area contributed by atoms with Crippen molar-refractivity contribution in [1.29, 1.82) is 0 Å². The molecule has 1 aliphatic heterocycles. The van der Waals surface area contributed by atoms with Crippen LogP contribution in [-0.2, 0) is 4.74 Å². The second-order valence-electron chi connectivity index (χ2n) is 2.72. The number of rotatable bonds is 1. The van der Waals surface area contributed by atoms with Gasteiger partial charge < -0.3 is 30.3 Å². The largest absolute Gasteiger partial charge is 0.394 e. The highest BCUT2D eigenvalue weighted by molar-refractivity contribution is 5.75. The van der Waals surface area contributed by atoms with Gasteiger partial charge in [0, 0.05) is 11.0 Å². The molecule has 1 aliphatic rings. The Morgan fingerprint density at radius 1 is 0.923 bits per heavy atom. The van der Waals surface area contributed by atoms with E-state index >= 15 is 0 Å². The van der Waals surface area contributed by atoms with Crippen molar-refractivity contribution in [3.8, 4) is 0 Å². The minimum Gasteiger partial charge on any atom is -0.394 e. The van der Waals surface area contributed by atoms with Crippen LogP contribution in [0.4, 0.5) is 0 Å². The van der Waals surface area contributed by atoms with Crippen LogP contribution in [0.3, 0.4) is 0 Å². The molecule has 0 saturated carbocycles. The van der Waals surface area contributed by atoms with E-state index in [0.717, 1.165) is 0 Å². The summed E-state index contributed by atoms with van der Waals surface area (Å²) in [6, 6.07) is 0. The highest BCUT2D eigenvalue weighted by Gasteiger charge is 2.42. The third kappa shape index (κ3) is 2.47. The van der Waals surface area contributed by atoms with Crippen molar-refractivity contribution in [2.75, 3.05) is 6.61 Å². The van der Waals surface area contributed by atoms with Gasteiger partial charge in [0.15, 0.2) is 6.29 Å². The van der Waals surface area contributed by atoms with E-state index in [9.17, 15) is 0 Å². The molecule has 0 unspecified atom stereocenters. The lowest BCUT2D eigenvalue weighted by molar-refractivity contribution is -0.286. The zero-order valence-corrected chi connectivity index (χ0v) is 7.74. The molecule has 1 saturated heterocycles. The van der Waals surface area contributed by atoms with Crippen LogP contribution in [0.1, 0.15) is 0 Å². The lowest BCUT2D eigenvalue weighted by atomic mass is 10.00. The van der Waals surface area contributed by atoms with Crippen molar-refractivity contribution >= 4 is 11.0 Å². The molecule has 0 spiro atoms. The van der Waals surface area contributed by atoms with Gasteiger partial charge in [0.1, 0.15) is 24.4 Å². The van der Waals surface area contributed by atoms with Gasteiger partial charge in [-0.2, -0.15) is 0 Å².